The van der Waals surface area contributed by atoms with E-state index in [1.807, 2.05) is 30.3 Å². The van der Waals surface area contributed by atoms with Crippen LogP contribution in [0.5, 0.6) is 0 Å². The summed E-state index contributed by atoms with van der Waals surface area (Å²) in [5, 5.41) is 11.2. The van der Waals surface area contributed by atoms with Crippen LogP contribution in [0.15, 0.2) is 24.3 Å². The molecule has 0 heterocycles. The van der Waals surface area contributed by atoms with E-state index in [0.29, 0.717) is 17.4 Å². The zero-order valence-corrected chi connectivity index (χ0v) is 10.9. The maximum Gasteiger partial charge on any atom is 0.234 e. The number of rotatable bonds is 5. The highest BCUT2D eigenvalue weighted by Gasteiger charge is 2.04. The molecule has 1 aromatic carbocycles. The minimum Gasteiger partial charge on any atom is -0.325 e. The van der Waals surface area contributed by atoms with Crippen molar-refractivity contribution < 1.29 is 4.79 Å². The number of carbonyl (C=O) groups excluding carboxylic acids is 1. The number of nitrogens with zero attached hydrogens (tertiary/aromatic N) is 1. The van der Waals surface area contributed by atoms with Gasteiger partial charge in [-0.2, -0.15) is 5.26 Å². The molecule has 0 spiro atoms. The van der Waals surface area contributed by atoms with Crippen molar-refractivity contribution in [3.05, 3.63) is 29.8 Å². The van der Waals surface area contributed by atoms with E-state index in [0.717, 1.165) is 5.69 Å². The fourth-order valence-corrected chi connectivity index (χ4v) is 1.81. The van der Waals surface area contributed by atoms with Crippen molar-refractivity contribution in [1.82, 2.24) is 0 Å². The van der Waals surface area contributed by atoms with Crippen molar-refractivity contribution in [2.45, 2.75) is 19.8 Å². The minimum absolute atomic E-state index is 0.0637. The molecule has 0 aliphatic heterocycles. The summed E-state index contributed by atoms with van der Waals surface area (Å²) in [7, 11) is 0. The molecule has 1 N–H and O–H groups in total. The topological polar surface area (TPSA) is 52.9 Å². The standard InChI is InChI=1S/C13H16N2OS/c1-10(2)11-4-3-5-12(8-11)15-13(16)9-17-7-6-14/h3-5,8,10H,7,9H2,1-2H3,(H,15,16). The molecule has 0 fully saturated rings. The maximum atomic E-state index is 11.5. The van der Waals surface area contributed by atoms with E-state index in [2.05, 4.69) is 19.2 Å². The molecule has 90 valence electrons. The first-order valence-corrected chi connectivity index (χ1v) is 6.63. The highest BCUT2D eigenvalue weighted by atomic mass is 32.2. The van der Waals surface area contributed by atoms with Gasteiger partial charge in [0.2, 0.25) is 5.91 Å². The smallest absolute Gasteiger partial charge is 0.234 e. The van der Waals surface area contributed by atoms with Crippen LogP contribution < -0.4 is 5.32 Å². The van der Waals surface area contributed by atoms with Gasteiger partial charge in [0.25, 0.3) is 0 Å². The third-order valence-electron chi connectivity index (χ3n) is 2.24. The van der Waals surface area contributed by atoms with Crippen molar-refractivity contribution in [2.24, 2.45) is 0 Å². The lowest BCUT2D eigenvalue weighted by molar-refractivity contribution is -0.113. The van der Waals surface area contributed by atoms with Crippen LogP contribution in [0.25, 0.3) is 0 Å². The second-order valence-electron chi connectivity index (χ2n) is 3.98. The van der Waals surface area contributed by atoms with Crippen LogP contribution in [0.3, 0.4) is 0 Å². The van der Waals surface area contributed by atoms with Crippen molar-refractivity contribution in [3.8, 4) is 6.07 Å². The van der Waals surface area contributed by atoms with Gasteiger partial charge < -0.3 is 5.32 Å². The molecule has 0 aliphatic carbocycles. The second-order valence-corrected chi connectivity index (χ2v) is 4.96. The van der Waals surface area contributed by atoms with E-state index in [1.165, 1.54) is 17.3 Å². The molecule has 1 aromatic rings. The zero-order valence-electron chi connectivity index (χ0n) is 10.1. The number of hydrogen-bond acceptors (Lipinski definition) is 3. The van der Waals surface area contributed by atoms with Crippen LogP contribution in [0.1, 0.15) is 25.3 Å². The quantitative estimate of drug-likeness (QED) is 0.815. The summed E-state index contributed by atoms with van der Waals surface area (Å²) < 4.78 is 0. The Morgan fingerprint density at radius 2 is 2.29 bits per heavy atom. The van der Waals surface area contributed by atoms with Gasteiger partial charge in [-0.05, 0) is 23.6 Å². The number of hydrogen-bond donors (Lipinski definition) is 1. The number of anilines is 1. The molecule has 0 saturated carbocycles. The van der Waals surface area contributed by atoms with Gasteiger partial charge in [-0.1, -0.05) is 26.0 Å². The van der Waals surface area contributed by atoms with E-state index in [4.69, 9.17) is 5.26 Å². The Bertz CT molecular complexity index is 424. The molecule has 0 saturated heterocycles. The van der Waals surface area contributed by atoms with Crippen LogP contribution in [-0.2, 0) is 4.79 Å². The van der Waals surface area contributed by atoms with Gasteiger partial charge in [-0.15, -0.1) is 11.8 Å². The highest BCUT2D eigenvalue weighted by molar-refractivity contribution is 8.00. The van der Waals surface area contributed by atoms with Gasteiger partial charge in [0.1, 0.15) is 0 Å². The summed E-state index contributed by atoms with van der Waals surface area (Å²) in [5.41, 5.74) is 2.02. The summed E-state index contributed by atoms with van der Waals surface area (Å²) in [6, 6.07) is 9.84. The van der Waals surface area contributed by atoms with Crippen LogP contribution >= 0.6 is 11.8 Å². The molecule has 17 heavy (non-hydrogen) atoms. The molecule has 0 aliphatic rings. The number of nitriles is 1. The molecule has 0 atom stereocenters. The van der Waals surface area contributed by atoms with Gasteiger partial charge in [-0.3, -0.25) is 4.79 Å². The van der Waals surface area contributed by atoms with E-state index >= 15 is 0 Å². The first kappa shape index (κ1) is 13.6. The Kier molecular flexibility index (Phi) is 5.58. The molecular weight excluding hydrogens is 232 g/mol. The monoisotopic (exact) mass is 248 g/mol. The van der Waals surface area contributed by atoms with Crippen LogP contribution in [0.2, 0.25) is 0 Å². The minimum atomic E-state index is -0.0637. The van der Waals surface area contributed by atoms with E-state index in [1.54, 1.807) is 0 Å². The lowest BCUT2D eigenvalue weighted by Crippen LogP contribution is -2.14. The molecule has 0 aromatic heterocycles. The SMILES string of the molecule is CC(C)c1cccc(NC(=O)CSCC#N)c1. The summed E-state index contributed by atoms with van der Waals surface area (Å²) >= 11 is 1.32. The average molecular weight is 248 g/mol. The van der Waals surface area contributed by atoms with E-state index in [-0.39, 0.29) is 5.91 Å². The number of nitrogens with one attached hydrogen (secondary N) is 1. The molecule has 0 radical (unpaired) electrons. The Morgan fingerprint density at radius 3 is 2.94 bits per heavy atom. The average Bonchev–Trinajstić information content (AvgIpc) is 2.29. The molecule has 0 unspecified atom stereocenters. The summed E-state index contributed by atoms with van der Waals surface area (Å²) in [6.07, 6.45) is 0. The van der Waals surface area contributed by atoms with Gasteiger partial charge in [0, 0.05) is 5.69 Å². The predicted molar refractivity (Wildman–Crippen MR) is 72.1 cm³/mol. The lowest BCUT2D eigenvalue weighted by Gasteiger charge is -2.09. The Hall–Kier alpha value is -1.47. The van der Waals surface area contributed by atoms with Gasteiger partial charge >= 0.3 is 0 Å². The molecular formula is C13H16N2OS. The molecule has 3 nitrogen and oxygen atoms in total. The van der Waals surface area contributed by atoms with E-state index < -0.39 is 0 Å². The lowest BCUT2D eigenvalue weighted by atomic mass is 10.0. The first-order chi connectivity index (χ1) is 8.13. The number of carbonyl (C=O) groups is 1. The van der Waals surface area contributed by atoms with Crippen molar-refractivity contribution in [3.63, 3.8) is 0 Å². The third-order valence-corrected chi connectivity index (χ3v) is 3.04. The Morgan fingerprint density at radius 1 is 1.53 bits per heavy atom. The van der Waals surface area contributed by atoms with Crippen molar-refractivity contribution >= 4 is 23.4 Å². The van der Waals surface area contributed by atoms with Crippen LogP contribution in [0.4, 0.5) is 5.69 Å². The first-order valence-electron chi connectivity index (χ1n) is 5.48. The summed E-state index contributed by atoms with van der Waals surface area (Å²) in [6.45, 7) is 4.23. The fourth-order valence-electron chi connectivity index (χ4n) is 1.36. The highest BCUT2D eigenvalue weighted by Crippen LogP contribution is 2.18. The Balaban J connectivity index is 2.54. The Labute approximate surface area is 106 Å². The number of amides is 1. The third kappa shape index (κ3) is 4.92. The van der Waals surface area contributed by atoms with Gasteiger partial charge in [0.15, 0.2) is 0 Å². The predicted octanol–water partition coefficient (Wildman–Crippen LogP) is 3.01. The number of benzene rings is 1. The van der Waals surface area contributed by atoms with Crippen molar-refractivity contribution in [1.29, 1.82) is 5.26 Å². The largest absolute Gasteiger partial charge is 0.325 e. The van der Waals surface area contributed by atoms with Crippen molar-refractivity contribution in [2.75, 3.05) is 16.8 Å². The molecule has 4 heteroatoms. The molecule has 1 rings (SSSR count). The maximum absolute atomic E-state index is 11.5. The molecule has 0 bridgehead atoms. The summed E-state index contributed by atoms with van der Waals surface area (Å²) in [4.78, 5) is 11.5. The van der Waals surface area contributed by atoms with E-state index in [9.17, 15) is 4.79 Å². The van der Waals surface area contributed by atoms with Crippen LogP contribution in [-0.4, -0.2) is 17.4 Å². The molecule has 1 amide bonds. The number of thioether (sulfide) groups is 1. The van der Waals surface area contributed by atoms with Crippen LogP contribution in [0, 0.1) is 11.3 Å². The second kappa shape index (κ2) is 6.97. The van der Waals surface area contributed by atoms with Gasteiger partial charge in [0.05, 0.1) is 17.6 Å². The van der Waals surface area contributed by atoms with Gasteiger partial charge in [-0.25, -0.2) is 0 Å². The fraction of sp³-hybridized carbons (Fsp3) is 0.385. The normalized spacial score (nSPS) is 10.0. The summed E-state index contributed by atoms with van der Waals surface area (Å²) in [5.74, 6) is 1.05. The zero-order chi connectivity index (χ0) is 12.7.